The second-order valence-corrected chi connectivity index (χ2v) is 12.1. The van der Waals surface area contributed by atoms with Crippen LogP contribution in [0.15, 0.2) is 60.9 Å². The highest BCUT2D eigenvalue weighted by molar-refractivity contribution is 7.89. The number of ether oxygens (including phenoxy) is 1. The molecule has 1 saturated heterocycles. The van der Waals surface area contributed by atoms with Gasteiger partial charge in [0, 0.05) is 36.8 Å². The van der Waals surface area contributed by atoms with Gasteiger partial charge in [0.05, 0.1) is 19.1 Å². The molecule has 11 nitrogen and oxygen atoms in total. The van der Waals surface area contributed by atoms with Gasteiger partial charge in [0.25, 0.3) is 11.8 Å². The van der Waals surface area contributed by atoms with E-state index in [9.17, 15) is 22.4 Å². The van der Waals surface area contributed by atoms with E-state index in [-0.39, 0.29) is 33.9 Å². The molecule has 1 fully saturated rings. The number of carbonyl (C=O) groups excluding carboxylic acids is 2. The molecule has 0 unspecified atom stereocenters. The second kappa shape index (κ2) is 10.1. The van der Waals surface area contributed by atoms with E-state index in [1.54, 1.807) is 11.0 Å². The highest BCUT2D eigenvalue weighted by Crippen LogP contribution is 2.46. The van der Waals surface area contributed by atoms with Crippen LogP contribution in [0.2, 0.25) is 0 Å². The van der Waals surface area contributed by atoms with Crippen LogP contribution in [0.3, 0.4) is 0 Å². The summed E-state index contributed by atoms with van der Waals surface area (Å²) >= 11 is 0. The number of nitrogens with zero attached hydrogens (tertiary/aromatic N) is 4. The van der Waals surface area contributed by atoms with Crippen molar-refractivity contribution in [1.82, 2.24) is 24.2 Å². The van der Waals surface area contributed by atoms with Crippen LogP contribution in [0, 0.1) is 5.82 Å². The number of carbonyl (C=O) groups is 2. The Hall–Kier alpha value is -4.52. The summed E-state index contributed by atoms with van der Waals surface area (Å²) in [6, 6.07) is 14.5. The van der Waals surface area contributed by atoms with Crippen LogP contribution in [0.4, 0.5) is 10.2 Å². The van der Waals surface area contributed by atoms with Crippen LogP contribution in [-0.2, 0) is 22.0 Å². The third-order valence-electron chi connectivity index (χ3n) is 7.62. The molecule has 0 bridgehead atoms. The number of rotatable bonds is 6. The van der Waals surface area contributed by atoms with E-state index in [4.69, 9.17) is 4.74 Å². The minimum atomic E-state index is -3.81. The number of piperidine rings is 1. The molecule has 2 aromatic heterocycles. The normalized spacial score (nSPS) is 15.9. The molecule has 212 valence electrons. The van der Waals surface area contributed by atoms with Gasteiger partial charge in [0.2, 0.25) is 10.0 Å². The lowest BCUT2D eigenvalue weighted by Crippen LogP contribution is -2.46. The fourth-order valence-electron chi connectivity index (χ4n) is 5.51. The number of hydrogen-bond donors (Lipinski definition) is 2. The highest BCUT2D eigenvalue weighted by Gasteiger charge is 2.45. The van der Waals surface area contributed by atoms with Gasteiger partial charge in [0.1, 0.15) is 16.9 Å². The van der Waals surface area contributed by atoms with Gasteiger partial charge in [-0.2, -0.15) is 9.61 Å². The first-order valence-corrected chi connectivity index (χ1v) is 14.9. The molecule has 0 aliphatic carbocycles. The molecule has 0 radical (unpaired) electrons. The number of halogens is 1. The molecule has 4 aromatic rings. The number of fused-ring (bicyclic) bond motifs is 3. The molecule has 0 saturated carbocycles. The number of likely N-dealkylation sites (tertiary alicyclic amines) is 1. The maximum absolute atomic E-state index is 14.3. The summed E-state index contributed by atoms with van der Waals surface area (Å²) in [5.41, 5.74) is 1.73. The first-order chi connectivity index (χ1) is 19.7. The predicted octanol–water partition coefficient (Wildman–Crippen LogP) is 2.74. The van der Waals surface area contributed by atoms with E-state index in [0.717, 1.165) is 17.4 Å². The van der Waals surface area contributed by atoms with E-state index in [1.807, 2.05) is 41.1 Å². The average molecular weight is 579 g/mol. The third-order valence-corrected chi connectivity index (χ3v) is 8.18. The van der Waals surface area contributed by atoms with Crippen molar-refractivity contribution in [2.24, 2.45) is 0 Å². The van der Waals surface area contributed by atoms with Crippen LogP contribution in [-0.4, -0.2) is 65.7 Å². The molecule has 1 spiro atoms. The van der Waals surface area contributed by atoms with Crippen LogP contribution < -0.4 is 14.8 Å². The molecular formula is C28H27FN6O5S. The third kappa shape index (κ3) is 4.97. The Morgan fingerprint density at radius 3 is 2.54 bits per heavy atom. The Bertz CT molecular complexity index is 1770. The number of hydrogen-bond acceptors (Lipinski definition) is 8. The molecule has 13 heteroatoms. The number of sulfonamides is 1. The van der Waals surface area contributed by atoms with Crippen LogP contribution >= 0.6 is 0 Å². The quantitative estimate of drug-likeness (QED) is 0.357. The fraction of sp³-hybridized carbons (Fsp3) is 0.286. The van der Waals surface area contributed by atoms with Crippen molar-refractivity contribution >= 4 is 33.3 Å². The monoisotopic (exact) mass is 578 g/mol. The van der Waals surface area contributed by atoms with E-state index in [0.29, 0.717) is 50.7 Å². The van der Waals surface area contributed by atoms with Crippen LogP contribution in [0.5, 0.6) is 5.75 Å². The average Bonchev–Trinajstić information content (AvgIpc) is 3.55. The summed E-state index contributed by atoms with van der Waals surface area (Å²) in [5, 5.41) is 7.54. The van der Waals surface area contributed by atoms with Gasteiger partial charge in [-0.15, -0.1) is 0 Å². The molecule has 2 aliphatic rings. The Labute approximate surface area is 235 Å². The standard InChI is InChI=1S/C28H27FN6O5S/c1-41(38,39)33-26(36)19-16-32-35-24(19)31-15-20(25(35)30-14-18-6-3-2-4-7-18)27(37)34-12-10-28(11-13-34)17-40-23-21(28)8-5-9-22(23)29/h2-9,15-16,30H,10-14,17H2,1H3,(H,33,36). The van der Waals surface area contributed by atoms with Crippen LogP contribution in [0.25, 0.3) is 5.65 Å². The maximum Gasteiger partial charge on any atom is 0.270 e. The van der Waals surface area contributed by atoms with Crippen molar-refractivity contribution in [1.29, 1.82) is 0 Å². The molecule has 2 aromatic carbocycles. The number of para-hydroxylation sites is 1. The zero-order valence-electron chi connectivity index (χ0n) is 22.1. The Balaban J connectivity index is 1.30. The smallest absolute Gasteiger partial charge is 0.270 e. The predicted molar refractivity (Wildman–Crippen MR) is 148 cm³/mol. The van der Waals surface area contributed by atoms with Crippen molar-refractivity contribution in [2.45, 2.75) is 24.8 Å². The number of nitrogens with one attached hydrogen (secondary N) is 2. The molecule has 4 heterocycles. The fourth-order valence-corrected chi connectivity index (χ4v) is 5.95. The zero-order valence-corrected chi connectivity index (χ0v) is 22.9. The van der Waals surface area contributed by atoms with E-state index >= 15 is 0 Å². The van der Waals surface area contributed by atoms with Crippen LogP contribution in [0.1, 0.15) is 44.7 Å². The largest absolute Gasteiger partial charge is 0.489 e. The Kier molecular flexibility index (Phi) is 6.60. The summed E-state index contributed by atoms with van der Waals surface area (Å²) in [7, 11) is -3.81. The molecule has 6 rings (SSSR count). The molecule has 0 atom stereocenters. The van der Waals surface area contributed by atoms with Gasteiger partial charge < -0.3 is 15.0 Å². The van der Waals surface area contributed by atoms with Crippen molar-refractivity contribution in [3.8, 4) is 5.75 Å². The summed E-state index contributed by atoms with van der Waals surface area (Å²) in [6.07, 6.45) is 4.68. The Morgan fingerprint density at radius 2 is 1.80 bits per heavy atom. The number of aromatic nitrogens is 3. The SMILES string of the molecule is CS(=O)(=O)NC(=O)c1cnn2c(NCc3ccccc3)c(C(=O)N3CCC4(CC3)COc3c(F)cccc34)cnc12. The van der Waals surface area contributed by atoms with E-state index < -0.39 is 15.9 Å². The minimum Gasteiger partial charge on any atom is -0.489 e. The molecule has 2 aliphatic heterocycles. The van der Waals surface area contributed by atoms with Gasteiger partial charge >= 0.3 is 0 Å². The van der Waals surface area contributed by atoms with Crippen molar-refractivity contribution in [2.75, 3.05) is 31.3 Å². The summed E-state index contributed by atoms with van der Waals surface area (Å²) in [4.78, 5) is 32.5. The van der Waals surface area contributed by atoms with Gasteiger partial charge in [-0.25, -0.2) is 22.5 Å². The van der Waals surface area contributed by atoms with Crippen molar-refractivity contribution in [3.63, 3.8) is 0 Å². The molecule has 2 N–H and O–H groups in total. The van der Waals surface area contributed by atoms with Crippen molar-refractivity contribution < 1.29 is 27.1 Å². The zero-order chi connectivity index (χ0) is 28.8. The number of amides is 2. The van der Waals surface area contributed by atoms with Gasteiger partial charge in [-0.1, -0.05) is 42.5 Å². The highest BCUT2D eigenvalue weighted by atomic mass is 32.2. The number of benzene rings is 2. The van der Waals surface area contributed by atoms with Gasteiger partial charge in [0.15, 0.2) is 17.2 Å². The van der Waals surface area contributed by atoms with Gasteiger partial charge in [-0.3, -0.25) is 9.59 Å². The molecule has 2 amide bonds. The van der Waals surface area contributed by atoms with E-state index in [1.165, 1.54) is 23.0 Å². The van der Waals surface area contributed by atoms with Gasteiger partial charge in [-0.05, 0) is 24.5 Å². The van der Waals surface area contributed by atoms with E-state index in [2.05, 4.69) is 15.4 Å². The molecular weight excluding hydrogens is 551 g/mol. The second-order valence-electron chi connectivity index (χ2n) is 10.3. The summed E-state index contributed by atoms with van der Waals surface area (Å²) < 4.78 is 46.5. The summed E-state index contributed by atoms with van der Waals surface area (Å²) in [5.74, 6) is -0.918. The van der Waals surface area contributed by atoms with Crippen molar-refractivity contribution in [3.05, 3.63) is 89.0 Å². The minimum absolute atomic E-state index is 0.0516. The number of anilines is 1. The lowest BCUT2D eigenvalue weighted by molar-refractivity contribution is 0.0646. The maximum atomic E-state index is 14.3. The molecule has 41 heavy (non-hydrogen) atoms. The summed E-state index contributed by atoms with van der Waals surface area (Å²) in [6.45, 7) is 1.58. The first-order valence-electron chi connectivity index (χ1n) is 13.0. The lowest BCUT2D eigenvalue weighted by Gasteiger charge is -2.38. The first kappa shape index (κ1) is 26.7. The topological polar surface area (TPSA) is 135 Å². The Morgan fingerprint density at radius 1 is 1.05 bits per heavy atom. The lowest BCUT2D eigenvalue weighted by atomic mass is 9.74.